The monoisotopic (exact) mass is 511 g/mol. The fourth-order valence-electron chi connectivity index (χ4n) is 4.18. The molecule has 1 unspecified atom stereocenters. The molecule has 1 fully saturated rings. The molecular weight excluding hydrogens is 490 g/mol. The lowest BCUT2D eigenvalue weighted by Crippen LogP contribution is -2.47. The van der Waals surface area contributed by atoms with E-state index in [9.17, 15) is 13.2 Å². The van der Waals surface area contributed by atoms with Crippen LogP contribution in [0.15, 0.2) is 83.8 Å². The molecule has 0 radical (unpaired) electrons. The highest BCUT2D eigenvalue weighted by Crippen LogP contribution is 2.33. The smallest absolute Gasteiger partial charge is 0.247 e. The van der Waals surface area contributed by atoms with Gasteiger partial charge in [0.15, 0.2) is 5.13 Å². The van der Waals surface area contributed by atoms with Crippen molar-refractivity contribution in [2.24, 2.45) is 0 Å². The summed E-state index contributed by atoms with van der Waals surface area (Å²) in [6.07, 6.45) is 1.07. The average Bonchev–Trinajstić information content (AvgIpc) is 3.51. The number of thiazole rings is 1. The normalized spacial score (nSPS) is 16.7. The SMILES string of the molecule is O=C(C1CCCN1S(=O)(=O)c1ccc(Cl)cc1)N(Cc1ccccc1)c1nc2ccccc2s1. The number of carbonyl (C=O) groups excluding carboxylic acids is 1. The number of rotatable bonds is 6. The molecule has 1 saturated heterocycles. The van der Waals surface area contributed by atoms with Crippen molar-refractivity contribution in [1.82, 2.24) is 9.29 Å². The van der Waals surface area contributed by atoms with E-state index in [0.717, 1.165) is 15.8 Å². The molecule has 0 saturated carbocycles. The molecule has 4 aromatic rings. The van der Waals surface area contributed by atoms with Crippen LogP contribution in [-0.4, -0.2) is 36.2 Å². The van der Waals surface area contributed by atoms with Crippen molar-refractivity contribution in [3.05, 3.63) is 89.4 Å². The zero-order valence-electron chi connectivity index (χ0n) is 18.2. The number of amides is 1. The Morgan fingerprint density at radius 3 is 2.47 bits per heavy atom. The van der Waals surface area contributed by atoms with E-state index in [2.05, 4.69) is 0 Å². The predicted octanol–water partition coefficient (Wildman–Crippen LogP) is 5.34. The highest BCUT2D eigenvalue weighted by atomic mass is 35.5. The van der Waals surface area contributed by atoms with Crippen LogP contribution in [0.25, 0.3) is 10.2 Å². The van der Waals surface area contributed by atoms with E-state index in [0.29, 0.717) is 36.1 Å². The zero-order valence-corrected chi connectivity index (χ0v) is 20.6. The molecule has 1 amide bonds. The van der Waals surface area contributed by atoms with Crippen molar-refractivity contribution < 1.29 is 13.2 Å². The molecule has 1 aromatic heterocycles. The van der Waals surface area contributed by atoms with Crippen LogP contribution in [0.1, 0.15) is 18.4 Å². The fraction of sp³-hybridized carbons (Fsp3) is 0.200. The molecule has 0 N–H and O–H groups in total. The maximum Gasteiger partial charge on any atom is 0.247 e. The Balaban J connectivity index is 1.51. The molecule has 1 aliphatic heterocycles. The van der Waals surface area contributed by atoms with Gasteiger partial charge in [0.1, 0.15) is 6.04 Å². The third-order valence-corrected chi connectivity index (χ3v) is 9.11. The van der Waals surface area contributed by atoms with E-state index >= 15 is 0 Å². The van der Waals surface area contributed by atoms with Crippen LogP contribution in [0, 0.1) is 0 Å². The molecule has 0 bridgehead atoms. The molecule has 9 heteroatoms. The Labute approximate surface area is 207 Å². The first kappa shape index (κ1) is 23.0. The third kappa shape index (κ3) is 4.46. The summed E-state index contributed by atoms with van der Waals surface area (Å²) in [5, 5.41) is 1.02. The standard InChI is InChI=1S/C25H22ClN3O3S2/c26-19-12-14-20(15-13-19)34(31,32)29-16-6-10-22(29)24(30)28(17-18-7-2-1-3-8-18)25-27-21-9-4-5-11-23(21)33-25/h1-5,7-9,11-15,22H,6,10,16-17H2. The van der Waals surface area contributed by atoms with Crippen molar-refractivity contribution in [2.75, 3.05) is 11.4 Å². The molecule has 1 aliphatic rings. The van der Waals surface area contributed by atoms with Crippen LogP contribution in [0.5, 0.6) is 0 Å². The maximum absolute atomic E-state index is 13.9. The summed E-state index contributed by atoms with van der Waals surface area (Å²) in [5.74, 6) is -0.266. The van der Waals surface area contributed by atoms with Crippen LogP contribution in [0.4, 0.5) is 5.13 Å². The van der Waals surface area contributed by atoms with Gasteiger partial charge in [0.25, 0.3) is 0 Å². The van der Waals surface area contributed by atoms with Gasteiger partial charge < -0.3 is 0 Å². The molecule has 174 valence electrons. The quantitative estimate of drug-likeness (QED) is 0.350. The second-order valence-electron chi connectivity index (χ2n) is 8.10. The molecule has 6 nitrogen and oxygen atoms in total. The van der Waals surface area contributed by atoms with Crippen LogP contribution >= 0.6 is 22.9 Å². The van der Waals surface area contributed by atoms with E-state index in [1.54, 1.807) is 17.0 Å². The first-order chi connectivity index (χ1) is 16.4. The molecular formula is C25H22ClN3O3S2. The minimum absolute atomic E-state index is 0.131. The fourth-order valence-corrected chi connectivity index (χ4v) is 6.92. The number of benzene rings is 3. The Bertz CT molecular complexity index is 1390. The topological polar surface area (TPSA) is 70.6 Å². The summed E-state index contributed by atoms with van der Waals surface area (Å²) in [4.78, 5) is 20.4. The summed E-state index contributed by atoms with van der Waals surface area (Å²) >= 11 is 7.38. The average molecular weight is 512 g/mol. The van der Waals surface area contributed by atoms with E-state index in [1.165, 1.54) is 27.8 Å². The van der Waals surface area contributed by atoms with E-state index in [1.807, 2.05) is 54.6 Å². The summed E-state index contributed by atoms with van der Waals surface area (Å²) in [6, 6.07) is 22.6. The van der Waals surface area contributed by atoms with Crippen molar-refractivity contribution in [1.29, 1.82) is 0 Å². The van der Waals surface area contributed by atoms with Crippen LogP contribution in [0.2, 0.25) is 5.02 Å². The van der Waals surface area contributed by atoms with Gasteiger partial charge in [-0.05, 0) is 54.8 Å². The summed E-state index contributed by atoms with van der Waals surface area (Å²) < 4.78 is 29.1. The Morgan fingerprint density at radius 1 is 1.03 bits per heavy atom. The Hall–Kier alpha value is -2.78. The molecule has 0 aliphatic carbocycles. The van der Waals surface area contributed by atoms with E-state index in [4.69, 9.17) is 16.6 Å². The van der Waals surface area contributed by atoms with Gasteiger partial charge in [-0.3, -0.25) is 9.69 Å². The summed E-state index contributed by atoms with van der Waals surface area (Å²) in [5.41, 5.74) is 1.76. The number of anilines is 1. The molecule has 3 aromatic carbocycles. The summed E-state index contributed by atoms with van der Waals surface area (Å²) in [7, 11) is -3.85. The lowest BCUT2D eigenvalue weighted by Gasteiger charge is -2.28. The minimum Gasteiger partial charge on any atom is -0.282 e. The number of halogens is 1. The lowest BCUT2D eigenvalue weighted by atomic mass is 10.1. The number of hydrogen-bond acceptors (Lipinski definition) is 5. The predicted molar refractivity (Wildman–Crippen MR) is 136 cm³/mol. The molecule has 0 spiro atoms. The van der Waals surface area contributed by atoms with Crippen molar-refractivity contribution >= 4 is 54.2 Å². The lowest BCUT2D eigenvalue weighted by molar-refractivity contribution is -0.121. The number of fused-ring (bicyclic) bond motifs is 1. The number of para-hydroxylation sites is 1. The maximum atomic E-state index is 13.9. The van der Waals surface area contributed by atoms with Crippen molar-refractivity contribution in [3.63, 3.8) is 0 Å². The number of hydrogen-bond donors (Lipinski definition) is 0. The van der Waals surface area contributed by atoms with Gasteiger partial charge in [-0.1, -0.05) is 65.4 Å². The Kier molecular flexibility index (Phi) is 6.40. The number of nitrogens with zero attached hydrogens (tertiary/aromatic N) is 3. The van der Waals surface area contributed by atoms with Crippen LogP contribution in [-0.2, 0) is 21.4 Å². The van der Waals surface area contributed by atoms with Crippen molar-refractivity contribution in [2.45, 2.75) is 30.3 Å². The van der Waals surface area contributed by atoms with Gasteiger partial charge in [-0.2, -0.15) is 4.31 Å². The van der Waals surface area contributed by atoms with Gasteiger partial charge in [-0.25, -0.2) is 13.4 Å². The van der Waals surface area contributed by atoms with Gasteiger partial charge in [0, 0.05) is 11.6 Å². The second kappa shape index (κ2) is 9.46. The molecule has 5 rings (SSSR count). The number of aromatic nitrogens is 1. The largest absolute Gasteiger partial charge is 0.282 e. The van der Waals surface area contributed by atoms with Gasteiger partial charge in [0.05, 0.1) is 21.7 Å². The van der Waals surface area contributed by atoms with E-state index < -0.39 is 16.1 Å². The summed E-state index contributed by atoms with van der Waals surface area (Å²) in [6.45, 7) is 0.602. The molecule has 1 atom stereocenters. The molecule has 34 heavy (non-hydrogen) atoms. The minimum atomic E-state index is -3.85. The van der Waals surface area contributed by atoms with Crippen LogP contribution < -0.4 is 4.90 Å². The third-order valence-electron chi connectivity index (χ3n) is 5.87. The highest BCUT2D eigenvalue weighted by Gasteiger charge is 2.42. The van der Waals surface area contributed by atoms with Gasteiger partial charge >= 0.3 is 0 Å². The van der Waals surface area contributed by atoms with Gasteiger partial charge in [-0.15, -0.1) is 0 Å². The van der Waals surface area contributed by atoms with Crippen molar-refractivity contribution in [3.8, 4) is 0 Å². The van der Waals surface area contributed by atoms with Gasteiger partial charge in [0.2, 0.25) is 15.9 Å². The highest BCUT2D eigenvalue weighted by molar-refractivity contribution is 7.89. The zero-order chi connectivity index (χ0) is 23.7. The number of carbonyl (C=O) groups is 1. The van der Waals surface area contributed by atoms with Crippen LogP contribution in [0.3, 0.4) is 0 Å². The van der Waals surface area contributed by atoms with E-state index in [-0.39, 0.29) is 10.8 Å². The molecule has 2 heterocycles. The first-order valence-corrected chi connectivity index (χ1v) is 13.6. The second-order valence-corrected chi connectivity index (χ2v) is 11.4. The number of sulfonamides is 1. The Morgan fingerprint density at radius 2 is 1.74 bits per heavy atom. The first-order valence-electron chi connectivity index (χ1n) is 10.9.